The Morgan fingerprint density at radius 3 is 2.45 bits per heavy atom. The standard InChI is InChI=1S/C26H25NO5S/c1-17-5-7-18(8-6-17)16-32-20-11-9-19(10-12-20)23-22(24(28)21-4-3-15-33-21)25(29)26(30)27(23)13-14-31-2/h3-12,15,23,29H,13-14,16H2,1-2H3. The van der Waals surface area contributed by atoms with E-state index in [9.17, 15) is 14.7 Å². The minimum atomic E-state index is -0.701. The van der Waals surface area contributed by atoms with Gasteiger partial charge in [-0.2, -0.15) is 0 Å². The number of nitrogens with zero attached hydrogens (tertiary/aromatic N) is 1. The van der Waals surface area contributed by atoms with E-state index in [4.69, 9.17) is 9.47 Å². The average molecular weight is 464 g/mol. The highest BCUT2D eigenvalue weighted by Crippen LogP contribution is 2.39. The summed E-state index contributed by atoms with van der Waals surface area (Å²) < 4.78 is 11.0. The Morgan fingerprint density at radius 2 is 1.82 bits per heavy atom. The van der Waals surface area contributed by atoms with E-state index >= 15 is 0 Å². The van der Waals surface area contributed by atoms with Crippen molar-refractivity contribution in [3.63, 3.8) is 0 Å². The van der Waals surface area contributed by atoms with E-state index in [2.05, 4.69) is 0 Å². The molecule has 0 saturated heterocycles. The smallest absolute Gasteiger partial charge is 0.290 e. The number of ether oxygens (including phenoxy) is 2. The molecular formula is C26H25NO5S. The van der Waals surface area contributed by atoms with E-state index in [1.807, 2.05) is 55.5 Å². The molecule has 0 spiro atoms. The fourth-order valence-corrected chi connectivity index (χ4v) is 4.47. The number of aliphatic hydroxyl groups is 1. The van der Waals surface area contributed by atoms with Crippen molar-refractivity contribution in [2.75, 3.05) is 20.3 Å². The molecule has 0 aliphatic carbocycles. The number of rotatable bonds is 9. The van der Waals surface area contributed by atoms with Crippen molar-refractivity contribution in [2.24, 2.45) is 0 Å². The number of thiophene rings is 1. The van der Waals surface area contributed by atoms with E-state index in [0.29, 0.717) is 22.8 Å². The third-order valence-corrected chi connectivity index (χ3v) is 6.42. The van der Waals surface area contributed by atoms with Crippen LogP contribution < -0.4 is 4.74 Å². The van der Waals surface area contributed by atoms with Gasteiger partial charge in [-0.25, -0.2) is 0 Å². The zero-order chi connectivity index (χ0) is 23.4. The molecule has 7 heteroatoms. The molecule has 1 aromatic heterocycles. The molecule has 2 aromatic carbocycles. The monoisotopic (exact) mass is 463 g/mol. The lowest BCUT2D eigenvalue weighted by Gasteiger charge is -2.26. The molecule has 1 aliphatic heterocycles. The van der Waals surface area contributed by atoms with Crippen LogP contribution in [0.15, 0.2) is 77.4 Å². The Balaban J connectivity index is 1.59. The average Bonchev–Trinajstić information content (AvgIpc) is 3.45. The van der Waals surface area contributed by atoms with Crippen molar-refractivity contribution < 1.29 is 24.2 Å². The second kappa shape index (κ2) is 10.0. The molecule has 170 valence electrons. The first-order chi connectivity index (χ1) is 16.0. The highest BCUT2D eigenvalue weighted by atomic mass is 32.1. The molecule has 2 heterocycles. The van der Waals surface area contributed by atoms with Gasteiger partial charge in [0, 0.05) is 13.7 Å². The maximum atomic E-state index is 13.2. The summed E-state index contributed by atoms with van der Waals surface area (Å²) in [6.07, 6.45) is 0. The molecule has 0 radical (unpaired) electrons. The summed E-state index contributed by atoms with van der Waals surface area (Å²) in [5.41, 5.74) is 3.06. The zero-order valence-electron chi connectivity index (χ0n) is 18.5. The van der Waals surface area contributed by atoms with Gasteiger partial charge in [0.2, 0.25) is 5.78 Å². The number of aryl methyl sites for hydroxylation is 1. The molecule has 1 aliphatic rings. The number of carbonyl (C=O) groups is 2. The van der Waals surface area contributed by atoms with Crippen molar-refractivity contribution >= 4 is 23.0 Å². The molecule has 0 bridgehead atoms. The largest absolute Gasteiger partial charge is 0.503 e. The summed E-state index contributed by atoms with van der Waals surface area (Å²) in [5, 5.41) is 12.4. The maximum Gasteiger partial charge on any atom is 0.290 e. The van der Waals surface area contributed by atoms with Gasteiger partial charge in [-0.05, 0) is 41.6 Å². The zero-order valence-corrected chi connectivity index (χ0v) is 19.3. The van der Waals surface area contributed by atoms with Gasteiger partial charge in [0.25, 0.3) is 5.91 Å². The molecule has 1 N–H and O–H groups in total. The Hall–Kier alpha value is -3.42. The first-order valence-electron chi connectivity index (χ1n) is 10.6. The SMILES string of the molecule is COCCN1C(=O)C(O)=C(C(=O)c2cccs2)C1c1ccc(OCc2ccc(C)cc2)cc1. The van der Waals surface area contributed by atoms with Gasteiger partial charge in [0.15, 0.2) is 5.76 Å². The molecular weight excluding hydrogens is 438 g/mol. The number of Topliss-reactive ketones (excluding diaryl/α,β-unsaturated/α-hetero) is 1. The minimum absolute atomic E-state index is 0.0897. The quantitative estimate of drug-likeness (QED) is 0.459. The van der Waals surface area contributed by atoms with Gasteiger partial charge in [0.1, 0.15) is 12.4 Å². The number of carbonyl (C=O) groups excluding carboxylic acids is 2. The summed E-state index contributed by atoms with van der Waals surface area (Å²) in [7, 11) is 1.54. The van der Waals surface area contributed by atoms with Gasteiger partial charge < -0.3 is 19.5 Å². The molecule has 33 heavy (non-hydrogen) atoms. The number of ketones is 1. The fraction of sp³-hybridized carbons (Fsp3) is 0.231. The molecule has 1 unspecified atom stereocenters. The highest BCUT2D eigenvalue weighted by molar-refractivity contribution is 7.12. The molecule has 3 aromatic rings. The Morgan fingerprint density at radius 1 is 1.09 bits per heavy atom. The summed E-state index contributed by atoms with van der Waals surface area (Å²) in [5.74, 6) is -0.752. The van der Waals surface area contributed by atoms with E-state index in [1.54, 1.807) is 24.6 Å². The van der Waals surface area contributed by atoms with Crippen molar-refractivity contribution in [3.05, 3.63) is 98.9 Å². The van der Waals surface area contributed by atoms with Gasteiger partial charge in [-0.3, -0.25) is 9.59 Å². The summed E-state index contributed by atoms with van der Waals surface area (Å²) in [4.78, 5) is 27.9. The number of benzene rings is 2. The Labute approximate surface area is 196 Å². The van der Waals surface area contributed by atoms with E-state index < -0.39 is 17.7 Å². The third-order valence-electron chi connectivity index (χ3n) is 5.55. The minimum Gasteiger partial charge on any atom is -0.503 e. The fourth-order valence-electron chi connectivity index (χ4n) is 3.79. The van der Waals surface area contributed by atoms with Gasteiger partial charge in [-0.15, -0.1) is 11.3 Å². The second-order valence-electron chi connectivity index (χ2n) is 7.81. The molecule has 0 fully saturated rings. The predicted octanol–water partition coefficient (Wildman–Crippen LogP) is 4.86. The lowest BCUT2D eigenvalue weighted by Crippen LogP contribution is -2.33. The number of amides is 1. The van der Waals surface area contributed by atoms with Crippen molar-refractivity contribution in [3.8, 4) is 5.75 Å². The Bertz CT molecular complexity index is 1150. The maximum absolute atomic E-state index is 13.2. The van der Waals surface area contributed by atoms with Crippen molar-refractivity contribution in [1.82, 2.24) is 4.90 Å². The highest BCUT2D eigenvalue weighted by Gasteiger charge is 2.43. The van der Waals surface area contributed by atoms with Crippen LogP contribution in [0.3, 0.4) is 0 Å². The first-order valence-corrected chi connectivity index (χ1v) is 11.5. The predicted molar refractivity (Wildman–Crippen MR) is 127 cm³/mol. The van der Waals surface area contributed by atoms with Crippen LogP contribution in [-0.4, -0.2) is 42.0 Å². The topological polar surface area (TPSA) is 76.1 Å². The van der Waals surface area contributed by atoms with Crippen LogP contribution in [0.2, 0.25) is 0 Å². The van der Waals surface area contributed by atoms with Crippen molar-refractivity contribution in [1.29, 1.82) is 0 Å². The Kier molecular flexibility index (Phi) is 6.91. The van der Waals surface area contributed by atoms with Crippen molar-refractivity contribution in [2.45, 2.75) is 19.6 Å². The van der Waals surface area contributed by atoms with E-state index in [-0.39, 0.29) is 24.5 Å². The number of aliphatic hydroxyl groups excluding tert-OH is 1. The van der Waals surface area contributed by atoms with Crippen LogP contribution in [-0.2, 0) is 16.1 Å². The molecule has 6 nitrogen and oxygen atoms in total. The van der Waals surface area contributed by atoms with E-state index in [0.717, 1.165) is 5.56 Å². The number of hydrogen-bond donors (Lipinski definition) is 1. The second-order valence-corrected chi connectivity index (χ2v) is 8.75. The van der Waals surface area contributed by atoms with Gasteiger partial charge in [0.05, 0.1) is 23.1 Å². The van der Waals surface area contributed by atoms with Crippen LogP contribution in [0.1, 0.15) is 32.4 Å². The van der Waals surface area contributed by atoms with Crippen LogP contribution in [0.25, 0.3) is 0 Å². The lowest BCUT2D eigenvalue weighted by molar-refractivity contribution is -0.130. The first kappa shape index (κ1) is 22.8. The van der Waals surface area contributed by atoms with Gasteiger partial charge >= 0.3 is 0 Å². The molecule has 1 atom stereocenters. The van der Waals surface area contributed by atoms with Crippen LogP contribution >= 0.6 is 11.3 Å². The number of methoxy groups -OCH3 is 1. The third kappa shape index (κ3) is 4.84. The number of hydrogen-bond acceptors (Lipinski definition) is 6. The molecule has 0 saturated carbocycles. The summed E-state index contributed by atoms with van der Waals surface area (Å²) >= 11 is 1.28. The van der Waals surface area contributed by atoms with Crippen LogP contribution in [0, 0.1) is 6.92 Å². The van der Waals surface area contributed by atoms with E-state index in [1.165, 1.54) is 21.8 Å². The lowest BCUT2D eigenvalue weighted by atomic mass is 9.95. The van der Waals surface area contributed by atoms with Gasteiger partial charge in [-0.1, -0.05) is 48.0 Å². The molecule has 4 rings (SSSR count). The van der Waals surface area contributed by atoms with Crippen LogP contribution in [0.4, 0.5) is 0 Å². The summed E-state index contributed by atoms with van der Waals surface area (Å²) in [6.45, 7) is 3.01. The summed E-state index contributed by atoms with van der Waals surface area (Å²) in [6, 6.07) is 18.2. The normalized spacial score (nSPS) is 15.9. The van der Waals surface area contributed by atoms with Crippen LogP contribution in [0.5, 0.6) is 5.75 Å². The molecule has 1 amide bonds.